The van der Waals surface area contributed by atoms with Gasteiger partial charge in [0.05, 0.1) is 14.3 Å². The Bertz CT molecular complexity index is 266. The summed E-state index contributed by atoms with van der Waals surface area (Å²) in [6.45, 7) is 2.75. The lowest BCUT2D eigenvalue weighted by atomic mass is 10.0. The van der Waals surface area contributed by atoms with Gasteiger partial charge < -0.3 is 5.73 Å². The number of nitrogens with zero attached hydrogens (tertiary/aromatic N) is 1. The van der Waals surface area contributed by atoms with Gasteiger partial charge >= 0.3 is 0 Å². The first kappa shape index (κ1) is 9.06. The van der Waals surface area contributed by atoms with E-state index in [2.05, 4.69) is 27.6 Å². The summed E-state index contributed by atoms with van der Waals surface area (Å²) in [4.78, 5) is 4.23. The normalized spacial score (nSPS) is 24.6. The van der Waals surface area contributed by atoms with Crippen molar-refractivity contribution in [2.45, 2.75) is 6.92 Å². The van der Waals surface area contributed by atoms with Crippen molar-refractivity contribution in [2.24, 2.45) is 10.7 Å². The van der Waals surface area contributed by atoms with Crippen LogP contribution in [-0.4, -0.2) is 12.3 Å². The first-order valence-corrected chi connectivity index (χ1v) is 4.70. The van der Waals surface area contributed by atoms with Crippen LogP contribution in [0.15, 0.2) is 25.4 Å². The van der Waals surface area contributed by atoms with Gasteiger partial charge in [-0.05, 0) is 29.5 Å². The van der Waals surface area contributed by atoms with Crippen molar-refractivity contribution in [3.63, 3.8) is 0 Å². The van der Waals surface area contributed by atoms with E-state index >= 15 is 0 Å². The molecule has 0 spiro atoms. The molecule has 0 aromatic heterocycles. The van der Waals surface area contributed by atoms with Crippen LogP contribution >= 0.6 is 34.2 Å². The lowest BCUT2D eigenvalue weighted by Gasteiger charge is -2.20. The Morgan fingerprint density at radius 2 is 2.36 bits per heavy atom. The maximum atomic E-state index is 5.84. The van der Waals surface area contributed by atoms with Gasteiger partial charge in [-0.15, -0.1) is 0 Å². The van der Waals surface area contributed by atoms with E-state index in [0.29, 0.717) is 0 Å². The van der Waals surface area contributed by atoms with Gasteiger partial charge in [-0.2, -0.15) is 0 Å². The highest BCUT2D eigenvalue weighted by Crippen LogP contribution is 2.38. The van der Waals surface area contributed by atoms with Gasteiger partial charge in [0.15, 0.2) is 0 Å². The van der Waals surface area contributed by atoms with Crippen LogP contribution in [0.4, 0.5) is 0 Å². The zero-order chi connectivity index (χ0) is 8.43. The molecule has 0 aliphatic heterocycles. The van der Waals surface area contributed by atoms with E-state index in [9.17, 15) is 0 Å². The minimum Gasteiger partial charge on any atom is -0.404 e. The van der Waals surface area contributed by atoms with Crippen molar-refractivity contribution in [2.75, 3.05) is 6.54 Å². The quantitative estimate of drug-likeness (QED) is 0.736. The fourth-order valence-corrected chi connectivity index (χ4v) is 1.84. The Balaban J connectivity index is 2.99. The van der Waals surface area contributed by atoms with Crippen molar-refractivity contribution in [1.82, 2.24) is 0 Å². The van der Waals surface area contributed by atoms with Crippen molar-refractivity contribution in [3.8, 4) is 0 Å². The predicted octanol–water partition coefficient (Wildman–Crippen LogP) is 2.19. The number of rotatable bonds is 1. The zero-order valence-corrected chi connectivity index (χ0v) is 8.98. The van der Waals surface area contributed by atoms with E-state index in [-0.39, 0.29) is 0 Å². The van der Waals surface area contributed by atoms with Gasteiger partial charge in [-0.1, -0.05) is 11.6 Å². The molecule has 0 saturated heterocycles. The van der Waals surface area contributed by atoms with E-state index in [1.54, 1.807) is 0 Å². The van der Waals surface area contributed by atoms with Crippen molar-refractivity contribution in [1.29, 1.82) is 0 Å². The Hall–Kier alpha value is -0.0300. The maximum Gasteiger partial charge on any atom is 0.0825 e. The first-order valence-electron chi connectivity index (χ1n) is 3.25. The summed E-state index contributed by atoms with van der Waals surface area (Å²) >= 11 is 8.00. The third kappa shape index (κ3) is 1.44. The highest BCUT2D eigenvalue weighted by molar-refractivity contribution is 14.1. The lowest BCUT2D eigenvalue weighted by Crippen LogP contribution is -2.17. The maximum absolute atomic E-state index is 5.84. The van der Waals surface area contributed by atoms with E-state index in [1.807, 2.05) is 6.92 Å². The highest BCUT2D eigenvalue weighted by Gasteiger charge is 2.27. The largest absolute Gasteiger partial charge is 0.404 e. The predicted molar refractivity (Wildman–Crippen MR) is 57.1 cm³/mol. The molecule has 0 saturated carbocycles. The fraction of sp³-hybridized carbons (Fsp3) is 0.286. The fourth-order valence-electron chi connectivity index (χ4n) is 0.847. The number of hydrogen-bond donors (Lipinski definition) is 1. The van der Waals surface area contributed by atoms with Gasteiger partial charge in [-0.25, -0.2) is 0 Å². The molecule has 0 heterocycles. The van der Waals surface area contributed by atoms with Gasteiger partial charge in [0, 0.05) is 18.3 Å². The second-order valence-corrected chi connectivity index (χ2v) is 3.49. The molecule has 1 aliphatic rings. The molecule has 0 unspecified atom stereocenters. The molecule has 0 atom stereocenters. The van der Waals surface area contributed by atoms with Crippen molar-refractivity contribution >= 4 is 39.9 Å². The molecule has 0 aromatic rings. The summed E-state index contributed by atoms with van der Waals surface area (Å²) in [5.74, 6) is 0. The molecular formula is C7H8ClIN2. The first-order chi connectivity index (χ1) is 5.22. The molecule has 0 fully saturated rings. The smallest absolute Gasteiger partial charge is 0.0825 e. The van der Waals surface area contributed by atoms with Crippen LogP contribution in [-0.2, 0) is 0 Å². The minimum absolute atomic E-state index is 0.736. The average molecular weight is 283 g/mol. The molecule has 1 rings (SSSR count). The summed E-state index contributed by atoms with van der Waals surface area (Å²) in [6, 6.07) is 0. The van der Waals surface area contributed by atoms with Crippen LogP contribution in [0, 0.1) is 0 Å². The van der Waals surface area contributed by atoms with E-state index in [0.717, 1.165) is 26.4 Å². The molecule has 4 heteroatoms. The second kappa shape index (κ2) is 3.58. The summed E-state index contributed by atoms with van der Waals surface area (Å²) in [7, 11) is 0. The van der Waals surface area contributed by atoms with Gasteiger partial charge in [0.1, 0.15) is 0 Å². The Kier molecular flexibility index (Phi) is 2.95. The highest BCUT2D eigenvalue weighted by atomic mass is 127. The molecule has 0 amide bonds. The van der Waals surface area contributed by atoms with E-state index < -0.39 is 0 Å². The standard InChI is InChI=1S/C7H8ClIN2/c1-2-11-7-4(3-10)5(8)6(7)9/h3H,2,10H2,1H3/b4-3+,11-7-. The molecule has 11 heavy (non-hydrogen) atoms. The number of hydrogen-bond acceptors (Lipinski definition) is 2. The van der Waals surface area contributed by atoms with Crippen LogP contribution in [0.25, 0.3) is 0 Å². The monoisotopic (exact) mass is 282 g/mol. The third-order valence-corrected chi connectivity index (χ3v) is 3.14. The molecule has 2 nitrogen and oxygen atoms in total. The Morgan fingerprint density at radius 1 is 1.73 bits per heavy atom. The van der Waals surface area contributed by atoms with Crippen molar-refractivity contribution in [3.05, 3.63) is 20.4 Å². The van der Waals surface area contributed by atoms with Gasteiger partial charge in [-0.3, -0.25) is 4.99 Å². The van der Waals surface area contributed by atoms with Gasteiger partial charge in [0.2, 0.25) is 0 Å². The summed E-state index contributed by atoms with van der Waals surface area (Å²) in [6.07, 6.45) is 1.50. The average Bonchev–Trinajstić information content (AvgIpc) is 2.04. The van der Waals surface area contributed by atoms with Gasteiger partial charge in [0.25, 0.3) is 0 Å². The molecule has 0 radical (unpaired) electrons. The number of aliphatic imine (C=N–C) groups is 1. The number of nitrogens with two attached hydrogens (primary N) is 1. The molecule has 2 N–H and O–H groups in total. The third-order valence-electron chi connectivity index (χ3n) is 1.38. The number of allylic oxidation sites excluding steroid dienone is 3. The van der Waals surface area contributed by atoms with Crippen LogP contribution in [0.3, 0.4) is 0 Å². The summed E-state index contributed by atoms with van der Waals surface area (Å²) in [5.41, 5.74) is 7.16. The minimum atomic E-state index is 0.736. The Labute approximate surface area is 84.3 Å². The van der Waals surface area contributed by atoms with Crippen LogP contribution in [0.1, 0.15) is 6.92 Å². The molecular weight excluding hydrogens is 274 g/mol. The lowest BCUT2D eigenvalue weighted by molar-refractivity contribution is 1.12. The molecule has 0 aromatic carbocycles. The van der Waals surface area contributed by atoms with Crippen LogP contribution in [0.2, 0.25) is 0 Å². The molecule has 0 bridgehead atoms. The summed E-state index contributed by atoms with van der Waals surface area (Å²) < 4.78 is 1.02. The topological polar surface area (TPSA) is 38.4 Å². The van der Waals surface area contributed by atoms with E-state index in [1.165, 1.54) is 6.20 Å². The van der Waals surface area contributed by atoms with Crippen molar-refractivity contribution < 1.29 is 0 Å². The number of halogens is 2. The molecule has 60 valence electrons. The van der Waals surface area contributed by atoms with Crippen LogP contribution in [0.5, 0.6) is 0 Å². The zero-order valence-electron chi connectivity index (χ0n) is 6.06. The Morgan fingerprint density at radius 3 is 2.82 bits per heavy atom. The second-order valence-electron chi connectivity index (χ2n) is 2.03. The molecule has 1 aliphatic carbocycles. The van der Waals surface area contributed by atoms with Crippen LogP contribution < -0.4 is 5.73 Å². The summed E-state index contributed by atoms with van der Waals surface area (Å²) in [5, 5.41) is 0.736. The van der Waals surface area contributed by atoms with E-state index in [4.69, 9.17) is 17.3 Å². The SMILES string of the molecule is CC/N=C1C(I)=C(Cl)C\1=C/N.